The third kappa shape index (κ3) is 3.05. The standard InChI is InChI=1S/C13H12BrN3O3/c1-16-8-10(14)6-12(16)13(18)15-7-9-4-2-3-5-11(9)17(19)20/h2-6,8H,7H2,1H3,(H,15,18). The number of hydrogen-bond acceptors (Lipinski definition) is 3. The van der Waals surface area contributed by atoms with Gasteiger partial charge in [-0.2, -0.15) is 0 Å². The highest BCUT2D eigenvalue weighted by molar-refractivity contribution is 9.10. The van der Waals surface area contributed by atoms with Crippen molar-refractivity contribution in [2.45, 2.75) is 6.54 Å². The van der Waals surface area contributed by atoms with E-state index in [1.165, 1.54) is 6.07 Å². The summed E-state index contributed by atoms with van der Waals surface area (Å²) in [6.45, 7) is 0.110. The SMILES string of the molecule is Cn1cc(Br)cc1C(=O)NCc1ccccc1[N+](=O)[O-]. The van der Waals surface area contributed by atoms with Crippen molar-refractivity contribution in [2.75, 3.05) is 0 Å². The van der Waals surface area contributed by atoms with E-state index >= 15 is 0 Å². The van der Waals surface area contributed by atoms with Crippen LogP contribution in [-0.2, 0) is 13.6 Å². The second-order valence-electron chi connectivity index (χ2n) is 4.22. The van der Waals surface area contributed by atoms with Gasteiger partial charge in [-0.25, -0.2) is 0 Å². The molecule has 104 valence electrons. The number of aryl methyl sites for hydroxylation is 1. The van der Waals surface area contributed by atoms with Gasteiger partial charge in [-0.15, -0.1) is 0 Å². The van der Waals surface area contributed by atoms with Crippen molar-refractivity contribution >= 4 is 27.5 Å². The Morgan fingerprint density at radius 3 is 2.75 bits per heavy atom. The van der Waals surface area contributed by atoms with E-state index in [9.17, 15) is 14.9 Å². The van der Waals surface area contributed by atoms with Crippen molar-refractivity contribution < 1.29 is 9.72 Å². The lowest BCUT2D eigenvalue weighted by atomic mass is 10.2. The molecule has 0 saturated heterocycles. The predicted molar refractivity (Wildman–Crippen MR) is 77.4 cm³/mol. The van der Waals surface area contributed by atoms with Crippen molar-refractivity contribution in [2.24, 2.45) is 7.05 Å². The largest absolute Gasteiger partial charge is 0.346 e. The zero-order valence-electron chi connectivity index (χ0n) is 10.7. The summed E-state index contributed by atoms with van der Waals surface area (Å²) in [6.07, 6.45) is 1.76. The molecule has 1 N–H and O–H groups in total. The number of hydrogen-bond donors (Lipinski definition) is 1. The minimum atomic E-state index is -0.458. The summed E-state index contributed by atoms with van der Waals surface area (Å²) in [5.74, 6) is -0.281. The number of nitro groups is 1. The van der Waals surface area contributed by atoms with Gasteiger partial charge in [0.1, 0.15) is 5.69 Å². The van der Waals surface area contributed by atoms with Crippen molar-refractivity contribution in [3.63, 3.8) is 0 Å². The number of amides is 1. The summed E-state index contributed by atoms with van der Waals surface area (Å²) in [5.41, 5.74) is 0.954. The monoisotopic (exact) mass is 337 g/mol. The number of benzene rings is 1. The van der Waals surface area contributed by atoms with Gasteiger partial charge in [0.2, 0.25) is 0 Å². The van der Waals surface area contributed by atoms with Crippen molar-refractivity contribution in [1.82, 2.24) is 9.88 Å². The number of nitro benzene ring substituents is 1. The molecule has 0 bridgehead atoms. The van der Waals surface area contributed by atoms with Gasteiger partial charge in [0.05, 0.1) is 4.92 Å². The zero-order chi connectivity index (χ0) is 14.7. The molecular formula is C13H12BrN3O3. The molecule has 1 aromatic carbocycles. The molecule has 1 aromatic heterocycles. The van der Waals surface area contributed by atoms with Crippen LogP contribution in [0.3, 0.4) is 0 Å². The Morgan fingerprint density at radius 2 is 2.15 bits per heavy atom. The molecule has 0 aliphatic rings. The lowest BCUT2D eigenvalue weighted by Gasteiger charge is -2.06. The molecule has 2 aromatic rings. The summed E-state index contributed by atoms with van der Waals surface area (Å²) >= 11 is 3.29. The fourth-order valence-electron chi connectivity index (χ4n) is 1.85. The smallest absolute Gasteiger partial charge is 0.274 e. The second-order valence-corrected chi connectivity index (χ2v) is 5.14. The molecular weight excluding hydrogens is 326 g/mol. The third-order valence-corrected chi connectivity index (χ3v) is 3.27. The molecule has 0 fully saturated rings. The Labute approximate surface area is 123 Å². The molecule has 0 radical (unpaired) electrons. The number of nitrogens with zero attached hydrogens (tertiary/aromatic N) is 2. The normalized spacial score (nSPS) is 10.3. The molecule has 0 aliphatic carbocycles. The van der Waals surface area contributed by atoms with Crippen LogP contribution in [0.25, 0.3) is 0 Å². The van der Waals surface area contributed by atoms with Crippen LogP contribution in [0.4, 0.5) is 5.69 Å². The van der Waals surface area contributed by atoms with E-state index in [-0.39, 0.29) is 18.1 Å². The number of aromatic nitrogens is 1. The fraction of sp³-hybridized carbons (Fsp3) is 0.154. The molecule has 1 amide bonds. The van der Waals surface area contributed by atoms with Crippen molar-refractivity contribution in [1.29, 1.82) is 0 Å². The van der Waals surface area contributed by atoms with E-state index in [1.54, 1.807) is 42.1 Å². The zero-order valence-corrected chi connectivity index (χ0v) is 12.3. The van der Waals surface area contributed by atoms with Gasteiger partial charge in [-0.1, -0.05) is 18.2 Å². The van der Waals surface area contributed by atoms with Crippen LogP contribution in [0.15, 0.2) is 41.0 Å². The van der Waals surface area contributed by atoms with Crippen molar-refractivity contribution in [3.05, 3.63) is 62.4 Å². The second kappa shape index (κ2) is 5.87. The average molecular weight is 338 g/mol. The highest BCUT2D eigenvalue weighted by Crippen LogP contribution is 2.18. The summed E-state index contributed by atoms with van der Waals surface area (Å²) in [4.78, 5) is 22.4. The minimum absolute atomic E-state index is 0.000798. The molecule has 0 saturated carbocycles. The Morgan fingerprint density at radius 1 is 1.45 bits per heavy atom. The first-order valence-corrected chi connectivity index (χ1v) is 6.60. The Kier molecular flexibility index (Phi) is 4.19. The molecule has 0 aliphatic heterocycles. The average Bonchev–Trinajstić information content (AvgIpc) is 2.75. The van der Waals surface area contributed by atoms with E-state index in [4.69, 9.17) is 0 Å². The number of halogens is 1. The van der Waals surface area contributed by atoms with Crippen LogP contribution < -0.4 is 5.32 Å². The quantitative estimate of drug-likeness (QED) is 0.688. The Bertz CT molecular complexity index is 667. The van der Waals surface area contributed by atoms with E-state index < -0.39 is 4.92 Å². The van der Waals surface area contributed by atoms with Crippen LogP contribution >= 0.6 is 15.9 Å². The lowest BCUT2D eigenvalue weighted by molar-refractivity contribution is -0.385. The van der Waals surface area contributed by atoms with E-state index in [2.05, 4.69) is 21.2 Å². The van der Waals surface area contributed by atoms with Gasteiger partial charge in [0.15, 0.2) is 0 Å². The summed E-state index contributed by atoms with van der Waals surface area (Å²) in [5, 5.41) is 13.6. The minimum Gasteiger partial charge on any atom is -0.346 e. The first-order chi connectivity index (χ1) is 9.49. The van der Waals surface area contributed by atoms with Gasteiger partial charge in [0, 0.05) is 35.9 Å². The Balaban J connectivity index is 2.11. The topological polar surface area (TPSA) is 77.2 Å². The highest BCUT2D eigenvalue weighted by atomic mass is 79.9. The van der Waals surface area contributed by atoms with Crippen LogP contribution in [0.2, 0.25) is 0 Å². The first-order valence-electron chi connectivity index (χ1n) is 5.81. The number of carbonyl (C=O) groups excluding carboxylic acids is 1. The molecule has 2 rings (SSSR count). The highest BCUT2D eigenvalue weighted by Gasteiger charge is 2.15. The van der Waals surface area contributed by atoms with Gasteiger partial charge in [0.25, 0.3) is 11.6 Å². The molecule has 0 unspecified atom stereocenters. The molecule has 20 heavy (non-hydrogen) atoms. The van der Waals surface area contributed by atoms with Crippen LogP contribution in [-0.4, -0.2) is 15.4 Å². The maximum atomic E-state index is 12.0. The maximum Gasteiger partial charge on any atom is 0.274 e. The van der Waals surface area contributed by atoms with Crippen LogP contribution in [0, 0.1) is 10.1 Å². The number of carbonyl (C=O) groups is 1. The van der Waals surface area contributed by atoms with E-state index in [0.717, 1.165) is 4.47 Å². The molecule has 7 heteroatoms. The number of para-hydroxylation sites is 1. The van der Waals surface area contributed by atoms with Crippen LogP contribution in [0.5, 0.6) is 0 Å². The fourth-order valence-corrected chi connectivity index (χ4v) is 2.38. The number of rotatable bonds is 4. The maximum absolute atomic E-state index is 12.0. The van der Waals surface area contributed by atoms with Gasteiger partial charge in [-0.3, -0.25) is 14.9 Å². The van der Waals surface area contributed by atoms with E-state index in [1.807, 2.05) is 0 Å². The summed E-state index contributed by atoms with van der Waals surface area (Å²) < 4.78 is 2.48. The van der Waals surface area contributed by atoms with E-state index in [0.29, 0.717) is 11.3 Å². The summed E-state index contributed by atoms with van der Waals surface area (Å²) in [7, 11) is 1.75. The van der Waals surface area contributed by atoms with Gasteiger partial charge >= 0.3 is 0 Å². The summed E-state index contributed by atoms with van der Waals surface area (Å²) in [6, 6.07) is 8.03. The van der Waals surface area contributed by atoms with Gasteiger partial charge < -0.3 is 9.88 Å². The first kappa shape index (κ1) is 14.3. The van der Waals surface area contributed by atoms with Gasteiger partial charge in [-0.05, 0) is 22.0 Å². The number of nitrogens with one attached hydrogen (secondary N) is 1. The molecule has 6 nitrogen and oxygen atoms in total. The molecule has 0 spiro atoms. The predicted octanol–water partition coefficient (Wildman–Crippen LogP) is 2.63. The molecule has 1 heterocycles. The molecule has 0 atom stereocenters. The van der Waals surface area contributed by atoms with Crippen LogP contribution in [0.1, 0.15) is 16.1 Å². The Hall–Kier alpha value is -2.15. The lowest BCUT2D eigenvalue weighted by Crippen LogP contribution is -2.25. The van der Waals surface area contributed by atoms with Crippen molar-refractivity contribution in [3.8, 4) is 0 Å². The third-order valence-electron chi connectivity index (χ3n) is 2.83.